The molecule has 0 aromatic heterocycles. The fourth-order valence-corrected chi connectivity index (χ4v) is 0. The molecule has 0 radical (unpaired) electrons. The molecule has 1 N–H and O–H groups in total. The molecule has 0 fully saturated rings. The van der Waals surface area contributed by atoms with Crippen molar-refractivity contribution in [3.8, 4) is 0 Å². The van der Waals surface area contributed by atoms with Crippen molar-refractivity contribution in [1.82, 2.24) is 0 Å². The van der Waals surface area contributed by atoms with Gasteiger partial charge in [-0.1, -0.05) is 23.2 Å². The molecular weight excluding hydrogens is 146 g/mol. The van der Waals surface area contributed by atoms with E-state index in [1.807, 2.05) is 0 Å². The van der Waals surface area contributed by atoms with E-state index in [1.165, 1.54) is 0 Å². The van der Waals surface area contributed by atoms with Crippen molar-refractivity contribution in [1.29, 1.82) is 0 Å². The smallest absolute Gasteiger partial charge is 0.228 e. The Morgan fingerprint density at radius 3 is 2.00 bits per heavy atom. The molecule has 0 bridgehead atoms. The maximum atomic E-state index is 8.38. The van der Waals surface area contributed by atoms with E-state index in [4.69, 9.17) is 42.7 Å². The topological polar surface area (TPSA) is 20.2 Å². The Balaban J connectivity index is 4.02. The van der Waals surface area contributed by atoms with Gasteiger partial charge in [0.15, 0.2) is 0 Å². The monoisotopic (exact) mass is 150 g/mol. The fraction of sp³-hybridized carbons (Fsp3) is 1.00. The van der Waals surface area contributed by atoms with Crippen LogP contribution in [-0.4, -0.2) is 15.5 Å². The number of hydrogen-bond donors (Lipinski definition) is 1. The molecule has 0 unspecified atom stereocenters. The Labute approximate surface area is 53.6 Å². The van der Waals surface area contributed by atoms with E-state index < -0.39 is 10.4 Å². The minimum Gasteiger partial charge on any atom is -0.362 e. The van der Waals surface area contributed by atoms with E-state index in [2.05, 4.69) is 0 Å². The van der Waals surface area contributed by atoms with Gasteiger partial charge in [0.2, 0.25) is 4.52 Å². The number of halogens is 3. The van der Waals surface area contributed by atoms with E-state index in [9.17, 15) is 0 Å². The zero-order valence-electron chi connectivity index (χ0n) is 4.58. The fourth-order valence-electron chi connectivity index (χ4n) is 0. The molecule has 6 heavy (non-hydrogen) atoms. The number of alkyl halides is 3. The minimum atomic E-state index is -2.52. The lowest BCUT2D eigenvalue weighted by molar-refractivity contribution is 0.239. The molecule has 0 amide bonds. The first-order chi connectivity index (χ1) is 3.25. The van der Waals surface area contributed by atoms with E-state index in [0.717, 1.165) is 0 Å². The third-order valence-electron chi connectivity index (χ3n) is 0.114. The molecule has 0 aromatic carbocycles. The third kappa shape index (κ3) is 4.83. The van der Waals surface area contributed by atoms with E-state index in [-0.39, 0.29) is 0 Å². The summed E-state index contributed by atoms with van der Waals surface area (Å²) in [5.74, 6) is -2.50. The SMILES string of the molecule is [2H]C([2H])(Cl)C(O)(Cl)Cl. The first-order valence-corrected chi connectivity index (χ1v) is 2.17. The van der Waals surface area contributed by atoms with Crippen LogP contribution in [0.1, 0.15) is 2.74 Å². The summed E-state index contributed by atoms with van der Waals surface area (Å²) in [6.45, 7) is 0. The Kier molecular flexibility index (Phi) is 1.40. The van der Waals surface area contributed by atoms with Gasteiger partial charge in [-0.15, -0.1) is 11.6 Å². The Bertz CT molecular complexity index is 70.3. The van der Waals surface area contributed by atoms with Crippen LogP contribution in [0.25, 0.3) is 0 Å². The predicted octanol–water partition coefficient (Wildman–Crippen LogP) is 1.35. The second-order valence-corrected chi connectivity index (χ2v) is 2.11. The highest BCUT2D eigenvalue weighted by atomic mass is 35.5. The first kappa shape index (κ1) is 3.79. The van der Waals surface area contributed by atoms with E-state index >= 15 is 0 Å². The largest absolute Gasteiger partial charge is 0.362 e. The average Bonchev–Trinajstić information content (AvgIpc) is 1.25. The zero-order valence-corrected chi connectivity index (χ0v) is 4.85. The summed E-state index contributed by atoms with van der Waals surface area (Å²) in [4.78, 5) is 0. The molecule has 0 saturated carbocycles. The van der Waals surface area contributed by atoms with Gasteiger partial charge in [-0.05, 0) is 0 Å². The minimum absolute atomic E-state index is 2.50. The number of aliphatic hydroxyl groups is 1. The van der Waals surface area contributed by atoms with Gasteiger partial charge < -0.3 is 5.11 Å². The van der Waals surface area contributed by atoms with Gasteiger partial charge in [0.25, 0.3) is 0 Å². The van der Waals surface area contributed by atoms with Gasteiger partial charge in [-0.25, -0.2) is 0 Å². The molecule has 0 aromatic rings. The number of rotatable bonds is 1. The quantitative estimate of drug-likeness (QED) is 0.561. The molecule has 0 aliphatic carbocycles. The summed E-state index contributed by atoms with van der Waals surface area (Å²) in [5.41, 5.74) is 0. The summed E-state index contributed by atoms with van der Waals surface area (Å²) in [6.07, 6.45) is 0. The Hall–Kier alpha value is 0.830. The van der Waals surface area contributed by atoms with Crippen LogP contribution in [0.4, 0.5) is 0 Å². The van der Waals surface area contributed by atoms with Gasteiger partial charge in [-0.3, -0.25) is 0 Å². The van der Waals surface area contributed by atoms with Crippen molar-refractivity contribution in [2.24, 2.45) is 0 Å². The highest BCUT2D eigenvalue weighted by Crippen LogP contribution is 2.16. The molecular formula is C2H3Cl3O. The van der Waals surface area contributed by atoms with Crippen molar-refractivity contribution >= 4 is 34.8 Å². The molecule has 0 atom stereocenters. The molecule has 1 nitrogen and oxygen atoms in total. The lowest BCUT2D eigenvalue weighted by Crippen LogP contribution is -2.11. The van der Waals surface area contributed by atoms with Crippen LogP contribution in [0.2, 0.25) is 0 Å². The summed E-state index contributed by atoms with van der Waals surface area (Å²) in [6, 6.07) is 0. The summed E-state index contributed by atoms with van der Waals surface area (Å²) < 4.78 is 10.5. The van der Waals surface area contributed by atoms with Crippen molar-refractivity contribution < 1.29 is 7.85 Å². The van der Waals surface area contributed by atoms with Crippen LogP contribution in [0.15, 0.2) is 0 Å². The van der Waals surface area contributed by atoms with Crippen LogP contribution in [0.5, 0.6) is 0 Å². The maximum absolute atomic E-state index is 8.38. The van der Waals surface area contributed by atoms with Gasteiger partial charge in [0.1, 0.15) is 0 Å². The molecule has 4 heteroatoms. The summed E-state index contributed by atoms with van der Waals surface area (Å²) in [5, 5.41) is 8.38. The van der Waals surface area contributed by atoms with Crippen LogP contribution < -0.4 is 0 Å². The standard InChI is InChI=1S/C2H3Cl3O/c3-1-2(4,5)6/h6H,1H2/i1D2. The van der Waals surface area contributed by atoms with Gasteiger partial charge in [0.05, 0.1) is 5.83 Å². The van der Waals surface area contributed by atoms with Gasteiger partial charge >= 0.3 is 0 Å². The normalized spacial score (nSPS) is 19.3. The average molecular weight is 151 g/mol. The van der Waals surface area contributed by atoms with Crippen molar-refractivity contribution in [3.05, 3.63) is 0 Å². The van der Waals surface area contributed by atoms with Crippen molar-refractivity contribution in [3.63, 3.8) is 0 Å². The first-order valence-electron chi connectivity index (χ1n) is 2.04. The second-order valence-electron chi connectivity index (χ2n) is 0.636. The molecule has 0 aliphatic heterocycles. The van der Waals surface area contributed by atoms with Crippen LogP contribution in [0.3, 0.4) is 0 Å². The van der Waals surface area contributed by atoms with E-state index in [1.54, 1.807) is 0 Å². The highest BCUT2D eigenvalue weighted by Gasteiger charge is 2.15. The molecule has 0 aliphatic rings. The molecule has 0 rings (SSSR count). The molecule has 38 valence electrons. The predicted molar refractivity (Wildman–Crippen MR) is 27.4 cm³/mol. The Morgan fingerprint density at radius 2 is 2.00 bits per heavy atom. The lowest BCUT2D eigenvalue weighted by atomic mass is 10.8. The zero-order chi connectivity index (χ0) is 7.00. The third-order valence-corrected chi connectivity index (χ3v) is 0.770. The van der Waals surface area contributed by atoms with E-state index in [0.29, 0.717) is 0 Å². The highest BCUT2D eigenvalue weighted by molar-refractivity contribution is 6.50. The molecule has 0 heterocycles. The van der Waals surface area contributed by atoms with Crippen LogP contribution in [0, 0.1) is 0 Å². The summed E-state index contributed by atoms with van der Waals surface area (Å²) >= 11 is 14.5. The molecule has 0 spiro atoms. The molecule has 0 saturated heterocycles. The van der Waals surface area contributed by atoms with Gasteiger partial charge in [0, 0.05) is 2.74 Å². The van der Waals surface area contributed by atoms with Crippen molar-refractivity contribution in [2.75, 3.05) is 5.83 Å². The van der Waals surface area contributed by atoms with Gasteiger partial charge in [-0.2, -0.15) is 0 Å². The Morgan fingerprint density at radius 1 is 1.83 bits per heavy atom. The maximum Gasteiger partial charge on any atom is 0.228 e. The second kappa shape index (κ2) is 2.22. The lowest BCUT2D eigenvalue weighted by Gasteiger charge is -2.03. The van der Waals surface area contributed by atoms with Crippen molar-refractivity contribution in [2.45, 2.75) is 4.52 Å². The number of hydrogen-bond acceptors (Lipinski definition) is 1. The van der Waals surface area contributed by atoms with Crippen LogP contribution in [-0.2, 0) is 0 Å². The van der Waals surface area contributed by atoms with Crippen LogP contribution >= 0.6 is 34.8 Å². The summed E-state index contributed by atoms with van der Waals surface area (Å²) in [7, 11) is 0.